The molecule has 0 radical (unpaired) electrons. The number of rotatable bonds is 8. The van der Waals surface area contributed by atoms with Gasteiger partial charge in [0.05, 0.1) is 23.5 Å². The molecule has 0 amide bonds. The minimum Gasteiger partial charge on any atom is -0.461 e. The fraction of sp³-hybridized carbons (Fsp3) is 0.636. The summed E-state index contributed by atoms with van der Waals surface area (Å²) in [6, 6.07) is 9.48. The largest absolute Gasteiger partial charge is 0.461 e. The molecular weight excluding hydrogens is 456 g/mol. The number of benzene rings is 1. The Morgan fingerprint density at radius 2 is 1.70 bits per heavy atom. The van der Waals surface area contributed by atoms with Crippen LogP contribution in [-0.4, -0.2) is 59.5 Å². The molecule has 3 atom stereocenters. The summed E-state index contributed by atoms with van der Waals surface area (Å²) >= 11 is 2.88. The third-order valence-corrected chi connectivity index (χ3v) is 4.47. The number of esters is 1. The molecule has 7 nitrogen and oxygen atoms in total. The Kier molecular flexibility index (Phi) is 17.6. The highest BCUT2D eigenvalue weighted by Crippen LogP contribution is 2.26. The first-order chi connectivity index (χ1) is 14.4. The zero-order valence-electron chi connectivity index (χ0n) is 18.0. The SMILES string of the molecule is CCOC(C)OCC.O=C(OCc1ccccc1)C1CCC(O)C(O)C1.O=CCBr. The maximum absolute atomic E-state index is 11.8. The smallest absolute Gasteiger partial charge is 0.309 e. The van der Waals surface area contributed by atoms with Crippen LogP contribution < -0.4 is 0 Å². The molecule has 1 aromatic carbocycles. The third-order valence-electron chi connectivity index (χ3n) is 4.20. The topological polar surface area (TPSA) is 102 Å². The maximum Gasteiger partial charge on any atom is 0.309 e. The Bertz CT molecular complexity index is 550. The Morgan fingerprint density at radius 1 is 1.13 bits per heavy atom. The maximum atomic E-state index is 11.8. The van der Waals surface area contributed by atoms with Gasteiger partial charge in [0.15, 0.2) is 6.29 Å². The molecule has 0 heterocycles. The molecular formula is C22H35BrO7. The summed E-state index contributed by atoms with van der Waals surface area (Å²) in [4.78, 5) is 20.9. The van der Waals surface area contributed by atoms with Crippen molar-refractivity contribution in [1.82, 2.24) is 0 Å². The number of alkyl halides is 1. The van der Waals surface area contributed by atoms with Gasteiger partial charge in [0, 0.05) is 13.2 Å². The number of hydrogen-bond acceptors (Lipinski definition) is 7. The van der Waals surface area contributed by atoms with Crippen LogP contribution in [0.1, 0.15) is 45.6 Å². The molecule has 0 saturated heterocycles. The minimum atomic E-state index is -0.812. The van der Waals surface area contributed by atoms with Gasteiger partial charge in [0.25, 0.3) is 0 Å². The Morgan fingerprint density at radius 3 is 2.17 bits per heavy atom. The van der Waals surface area contributed by atoms with Gasteiger partial charge in [-0.1, -0.05) is 46.3 Å². The summed E-state index contributed by atoms with van der Waals surface area (Å²) in [7, 11) is 0. The van der Waals surface area contributed by atoms with E-state index >= 15 is 0 Å². The molecule has 1 saturated carbocycles. The fourth-order valence-electron chi connectivity index (χ4n) is 2.71. The predicted octanol–water partition coefficient (Wildman–Crippen LogP) is 3.24. The van der Waals surface area contributed by atoms with Crippen molar-refractivity contribution in [3.63, 3.8) is 0 Å². The second-order valence-electron chi connectivity index (χ2n) is 6.54. The van der Waals surface area contributed by atoms with E-state index in [1.165, 1.54) is 0 Å². The molecule has 0 aliphatic heterocycles. The lowest BCUT2D eigenvalue weighted by Crippen LogP contribution is -2.36. The van der Waals surface area contributed by atoms with Crippen LogP contribution in [0.25, 0.3) is 0 Å². The second-order valence-corrected chi connectivity index (χ2v) is 7.18. The summed E-state index contributed by atoms with van der Waals surface area (Å²) in [5.41, 5.74) is 0.947. The van der Waals surface area contributed by atoms with Gasteiger partial charge in [-0.15, -0.1) is 0 Å². The summed E-state index contributed by atoms with van der Waals surface area (Å²) in [5, 5.41) is 19.4. The number of ether oxygens (including phenoxy) is 3. The number of aldehydes is 1. The van der Waals surface area contributed by atoms with E-state index in [0.717, 1.165) is 25.1 Å². The Balaban J connectivity index is 0.000000585. The molecule has 3 unspecified atom stereocenters. The predicted molar refractivity (Wildman–Crippen MR) is 118 cm³/mol. The van der Waals surface area contributed by atoms with Crippen molar-refractivity contribution in [2.45, 2.75) is 65.1 Å². The van der Waals surface area contributed by atoms with E-state index in [1.807, 2.05) is 51.1 Å². The van der Waals surface area contributed by atoms with E-state index in [1.54, 1.807) is 0 Å². The second kappa shape index (κ2) is 18.4. The Labute approximate surface area is 187 Å². The normalized spacial score (nSPS) is 20.3. The van der Waals surface area contributed by atoms with Gasteiger partial charge in [-0.25, -0.2) is 0 Å². The number of aliphatic hydroxyl groups excluding tert-OH is 2. The molecule has 1 fully saturated rings. The zero-order chi connectivity index (χ0) is 22.8. The van der Waals surface area contributed by atoms with Crippen molar-refractivity contribution in [2.75, 3.05) is 18.5 Å². The summed E-state index contributed by atoms with van der Waals surface area (Å²) in [6.07, 6.45) is 0.550. The molecule has 1 aliphatic rings. The van der Waals surface area contributed by atoms with Gasteiger partial charge in [0.2, 0.25) is 0 Å². The molecule has 8 heteroatoms. The lowest BCUT2D eigenvalue weighted by atomic mass is 9.85. The zero-order valence-corrected chi connectivity index (χ0v) is 19.6. The Hall–Kier alpha value is -1.32. The molecule has 1 aromatic rings. The first-order valence-corrected chi connectivity index (χ1v) is 11.3. The van der Waals surface area contributed by atoms with Crippen LogP contribution in [0.2, 0.25) is 0 Å². The van der Waals surface area contributed by atoms with Crippen LogP contribution in [0.4, 0.5) is 0 Å². The summed E-state index contributed by atoms with van der Waals surface area (Å²) in [6.45, 7) is 7.51. The van der Waals surface area contributed by atoms with Crippen LogP contribution in [0.15, 0.2) is 30.3 Å². The number of halogens is 1. The van der Waals surface area contributed by atoms with Gasteiger partial charge in [0.1, 0.15) is 12.9 Å². The van der Waals surface area contributed by atoms with Crippen molar-refractivity contribution < 1.29 is 34.0 Å². The number of carbonyl (C=O) groups is 2. The fourth-order valence-corrected chi connectivity index (χ4v) is 2.71. The summed E-state index contributed by atoms with van der Waals surface area (Å²) in [5.74, 6) is -0.586. The van der Waals surface area contributed by atoms with Crippen LogP contribution in [-0.2, 0) is 30.4 Å². The highest BCUT2D eigenvalue weighted by Gasteiger charge is 2.32. The molecule has 0 spiro atoms. The van der Waals surface area contributed by atoms with Crippen LogP contribution >= 0.6 is 15.9 Å². The molecule has 2 rings (SSSR count). The van der Waals surface area contributed by atoms with Gasteiger partial charge in [-0.05, 0) is 45.6 Å². The van der Waals surface area contributed by atoms with Crippen molar-refractivity contribution in [2.24, 2.45) is 5.92 Å². The lowest BCUT2D eigenvalue weighted by molar-refractivity contribution is -0.154. The van der Waals surface area contributed by atoms with E-state index in [9.17, 15) is 15.0 Å². The third kappa shape index (κ3) is 13.8. The molecule has 1 aliphatic carbocycles. The molecule has 172 valence electrons. The van der Waals surface area contributed by atoms with E-state index in [2.05, 4.69) is 15.9 Å². The first-order valence-electron chi connectivity index (χ1n) is 10.2. The van der Waals surface area contributed by atoms with E-state index in [0.29, 0.717) is 18.2 Å². The van der Waals surface area contributed by atoms with E-state index in [4.69, 9.17) is 19.0 Å². The van der Waals surface area contributed by atoms with Gasteiger partial charge in [-0.3, -0.25) is 4.79 Å². The van der Waals surface area contributed by atoms with Crippen LogP contribution in [0, 0.1) is 5.92 Å². The highest BCUT2D eigenvalue weighted by molar-refractivity contribution is 9.09. The quantitative estimate of drug-likeness (QED) is 0.249. The number of aliphatic hydroxyl groups is 2. The van der Waals surface area contributed by atoms with Gasteiger partial charge in [-0.2, -0.15) is 0 Å². The molecule has 2 N–H and O–H groups in total. The van der Waals surface area contributed by atoms with Crippen molar-refractivity contribution in [1.29, 1.82) is 0 Å². The number of hydrogen-bond donors (Lipinski definition) is 2. The van der Waals surface area contributed by atoms with E-state index in [-0.39, 0.29) is 31.2 Å². The van der Waals surface area contributed by atoms with Crippen molar-refractivity contribution in [3.05, 3.63) is 35.9 Å². The highest BCUT2D eigenvalue weighted by atomic mass is 79.9. The standard InChI is InChI=1S/C14H18O4.C6H14O2.C2H3BrO/c15-12-7-6-11(8-13(12)16)14(17)18-9-10-4-2-1-3-5-10;1-4-7-6(3)8-5-2;3-1-2-4/h1-5,11-13,15-16H,6-9H2;6H,4-5H2,1-3H3;2H,1H2. The van der Waals surface area contributed by atoms with E-state index < -0.39 is 12.2 Å². The van der Waals surface area contributed by atoms with Crippen molar-refractivity contribution in [3.8, 4) is 0 Å². The monoisotopic (exact) mass is 490 g/mol. The van der Waals surface area contributed by atoms with Crippen LogP contribution in [0.5, 0.6) is 0 Å². The van der Waals surface area contributed by atoms with Crippen molar-refractivity contribution >= 4 is 28.2 Å². The average molecular weight is 491 g/mol. The minimum absolute atomic E-state index is 0.0370. The average Bonchev–Trinajstić information content (AvgIpc) is 2.75. The lowest BCUT2D eigenvalue weighted by Gasteiger charge is -2.28. The molecule has 0 bridgehead atoms. The van der Waals surface area contributed by atoms with Crippen LogP contribution in [0.3, 0.4) is 0 Å². The van der Waals surface area contributed by atoms with Gasteiger partial charge < -0.3 is 29.2 Å². The van der Waals surface area contributed by atoms with Gasteiger partial charge >= 0.3 is 5.97 Å². The number of carbonyl (C=O) groups excluding carboxylic acids is 2. The molecule has 30 heavy (non-hydrogen) atoms. The molecule has 0 aromatic heterocycles. The first kappa shape index (κ1) is 28.7. The summed E-state index contributed by atoms with van der Waals surface area (Å²) < 4.78 is 15.3.